The molecular formula is C27H28N2O7. The molecule has 0 radical (unpaired) electrons. The quantitative estimate of drug-likeness (QED) is 0.570. The fourth-order valence-electron chi connectivity index (χ4n) is 4.29. The predicted octanol–water partition coefficient (Wildman–Crippen LogP) is 3.09. The van der Waals surface area contributed by atoms with Gasteiger partial charge >= 0.3 is 0 Å². The summed E-state index contributed by atoms with van der Waals surface area (Å²) in [5, 5.41) is 0. The van der Waals surface area contributed by atoms with Crippen LogP contribution in [-0.4, -0.2) is 71.3 Å². The second kappa shape index (κ2) is 10.5. The lowest BCUT2D eigenvalue weighted by atomic mass is 10.1. The molecule has 4 amide bonds. The third-order valence-electron chi connectivity index (χ3n) is 6.34. The summed E-state index contributed by atoms with van der Waals surface area (Å²) in [5.74, 6) is -1.80. The van der Waals surface area contributed by atoms with Crippen LogP contribution in [0.15, 0.2) is 48.5 Å². The van der Waals surface area contributed by atoms with Crippen LogP contribution in [0, 0.1) is 0 Å². The van der Waals surface area contributed by atoms with Gasteiger partial charge in [-0.15, -0.1) is 0 Å². The zero-order valence-electron chi connectivity index (χ0n) is 20.3. The number of amides is 4. The van der Waals surface area contributed by atoms with Crippen molar-refractivity contribution in [1.29, 1.82) is 0 Å². The zero-order chi connectivity index (χ0) is 25.9. The molecule has 3 aliphatic rings. The van der Waals surface area contributed by atoms with Crippen LogP contribution in [0.25, 0.3) is 0 Å². The van der Waals surface area contributed by atoms with Gasteiger partial charge < -0.3 is 9.47 Å². The van der Waals surface area contributed by atoms with Crippen molar-refractivity contribution in [1.82, 2.24) is 9.80 Å². The van der Waals surface area contributed by atoms with E-state index in [1.165, 1.54) is 11.8 Å². The number of fused-ring (bicyclic) bond motifs is 2. The molecule has 0 aliphatic carbocycles. The average Bonchev–Trinajstić information content (AvgIpc) is 3.27. The van der Waals surface area contributed by atoms with Gasteiger partial charge in [-0.2, -0.15) is 0 Å². The average molecular weight is 493 g/mol. The van der Waals surface area contributed by atoms with Gasteiger partial charge in [-0.05, 0) is 44.5 Å². The van der Waals surface area contributed by atoms with Gasteiger partial charge in [-0.3, -0.25) is 33.8 Å². The molecule has 0 bridgehead atoms. The molecule has 0 N–H and O–H groups in total. The minimum atomic E-state index is -0.701. The van der Waals surface area contributed by atoms with Crippen molar-refractivity contribution in [2.75, 3.05) is 26.3 Å². The standard InChI is InChI=1S/C15H17NO4.C12H11NO3/c1-15(19-9-4-10-20-15)7-8-16-13(17)11-5-2-3-6-12(11)14(16)18;1-8(14)6-7-13-11(15)9-4-2-3-5-10(9)12(13)16/h2-3,5-6H,4,7-10H2,1H3;2-5H,6-7H2,1H3. The molecule has 5 rings (SSSR count). The fraction of sp³-hybridized carbons (Fsp3) is 0.370. The van der Waals surface area contributed by atoms with E-state index < -0.39 is 5.79 Å². The van der Waals surface area contributed by atoms with Crippen LogP contribution in [-0.2, 0) is 14.3 Å². The summed E-state index contributed by atoms with van der Waals surface area (Å²) < 4.78 is 11.2. The Morgan fingerprint density at radius 1 is 0.750 bits per heavy atom. The van der Waals surface area contributed by atoms with E-state index >= 15 is 0 Å². The monoisotopic (exact) mass is 492 g/mol. The minimum Gasteiger partial charge on any atom is -0.350 e. The van der Waals surface area contributed by atoms with E-state index in [-0.39, 0.29) is 42.4 Å². The smallest absolute Gasteiger partial charge is 0.261 e. The van der Waals surface area contributed by atoms with Gasteiger partial charge in [0.05, 0.1) is 35.5 Å². The van der Waals surface area contributed by atoms with Crippen molar-refractivity contribution < 1.29 is 33.4 Å². The van der Waals surface area contributed by atoms with Gasteiger partial charge in [-0.1, -0.05) is 24.3 Å². The number of imide groups is 2. The Balaban J connectivity index is 0.000000174. The number of Topliss-reactive ketones (excluding diaryl/α,β-unsaturated/α-hetero) is 1. The Morgan fingerprint density at radius 3 is 1.53 bits per heavy atom. The number of benzene rings is 2. The van der Waals surface area contributed by atoms with E-state index in [9.17, 15) is 24.0 Å². The first kappa shape index (κ1) is 25.4. The zero-order valence-corrected chi connectivity index (χ0v) is 20.3. The van der Waals surface area contributed by atoms with Crippen molar-refractivity contribution >= 4 is 29.4 Å². The van der Waals surface area contributed by atoms with E-state index in [0.29, 0.717) is 48.4 Å². The molecule has 3 heterocycles. The Hall–Kier alpha value is -3.69. The van der Waals surface area contributed by atoms with Crippen LogP contribution in [0.3, 0.4) is 0 Å². The SMILES string of the molecule is CC(=O)CCN1C(=O)c2ccccc2C1=O.CC1(CCN2C(=O)c3ccccc3C2=O)OCCCO1. The Kier molecular flexibility index (Phi) is 7.42. The molecule has 1 saturated heterocycles. The number of hydrogen-bond acceptors (Lipinski definition) is 7. The van der Waals surface area contributed by atoms with Crippen LogP contribution in [0.2, 0.25) is 0 Å². The number of ketones is 1. The minimum absolute atomic E-state index is 0.0310. The van der Waals surface area contributed by atoms with E-state index in [0.717, 1.165) is 11.3 Å². The highest BCUT2D eigenvalue weighted by Gasteiger charge is 2.38. The van der Waals surface area contributed by atoms with Crippen molar-refractivity contribution in [3.8, 4) is 0 Å². The van der Waals surface area contributed by atoms with Gasteiger partial charge in [0, 0.05) is 25.9 Å². The van der Waals surface area contributed by atoms with Crippen molar-refractivity contribution in [2.24, 2.45) is 0 Å². The van der Waals surface area contributed by atoms with Crippen LogP contribution in [0.5, 0.6) is 0 Å². The third kappa shape index (κ3) is 5.12. The predicted molar refractivity (Wildman–Crippen MR) is 128 cm³/mol. The molecule has 0 atom stereocenters. The molecule has 0 aromatic heterocycles. The summed E-state index contributed by atoms with van der Waals surface area (Å²) in [5.41, 5.74) is 1.81. The second-order valence-electron chi connectivity index (χ2n) is 9.00. The molecule has 9 nitrogen and oxygen atoms in total. The third-order valence-corrected chi connectivity index (χ3v) is 6.34. The molecule has 2 aromatic carbocycles. The van der Waals surface area contributed by atoms with Crippen molar-refractivity contribution in [2.45, 2.75) is 38.9 Å². The molecule has 0 spiro atoms. The van der Waals surface area contributed by atoms with E-state index in [4.69, 9.17) is 9.47 Å². The van der Waals surface area contributed by atoms with Crippen LogP contribution in [0.1, 0.15) is 74.5 Å². The molecule has 9 heteroatoms. The lowest BCUT2D eigenvalue weighted by Crippen LogP contribution is -2.42. The van der Waals surface area contributed by atoms with Gasteiger partial charge in [0.1, 0.15) is 5.78 Å². The molecular weight excluding hydrogens is 464 g/mol. The van der Waals surface area contributed by atoms with Gasteiger partial charge in [-0.25, -0.2) is 0 Å². The number of ether oxygens (including phenoxy) is 2. The van der Waals surface area contributed by atoms with Gasteiger partial charge in [0.25, 0.3) is 23.6 Å². The molecule has 36 heavy (non-hydrogen) atoms. The van der Waals surface area contributed by atoms with E-state index in [1.54, 1.807) is 48.5 Å². The number of rotatable bonds is 6. The Morgan fingerprint density at radius 2 is 1.14 bits per heavy atom. The van der Waals surface area contributed by atoms with Crippen molar-refractivity contribution in [3.05, 3.63) is 70.8 Å². The summed E-state index contributed by atoms with van der Waals surface area (Å²) in [4.78, 5) is 61.3. The summed E-state index contributed by atoms with van der Waals surface area (Å²) in [6.07, 6.45) is 1.58. The topological polar surface area (TPSA) is 110 Å². The highest BCUT2D eigenvalue weighted by molar-refractivity contribution is 6.22. The summed E-state index contributed by atoms with van der Waals surface area (Å²) in [6, 6.07) is 13.6. The highest BCUT2D eigenvalue weighted by atomic mass is 16.7. The summed E-state index contributed by atoms with van der Waals surface area (Å²) in [7, 11) is 0. The van der Waals surface area contributed by atoms with E-state index in [2.05, 4.69) is 0 Å². The largest absolute Gasteiger partial charge is 0.350 e. The number of hydrogen-bond donors (Lipinski definition) is 0. The first-order valence-corrected chi connectivity index (χ1v) is 11.9. The van der Waals surface area contributed by atoms with Gasteiger partial charge in [0.15, 0.2) is 5.79 Å². The first-order valence-electron chi connectivity index (χ1n) is 11.9. The molecule has 188 valence electrons. The molecule has 2 aromatic rings. The molecule has 1 fully saturated rings. The lowest BCUT2D eigenvalue weighted by Gasteiger charge is -2.34. The fourth-order valence-corrected chi connectivity index (χ4v) is 4.29. The first-order chi connectivity index (χ1) is 17.2. The van der Waals surface area contributed by atoms with Gasteiger partial charge in [0.2, 0.25) is 0 Å². The molecule has 3 aliphatic heterocycles. The number of carbonyl (C=O) groups excluding carboxylic acids is 5. The normalized spacial score (nSPS) is 18.1. The van der Waals surface area contributed by atoms with Crippen LogP contribution >= 0.6 is 0 Å². The van der Waals surface area contributed by atoms with Crippen LogP contribution in [0.4, 0.5) is 0 Å². The highest BCUT2D eigenvalue weighted by Crippen LogP contribution is 2.27. The lowest BCUT2D eigenvalue weighted by molar-refractivity contribution is -0.258. The molecule has 0 saturated carbocycles. The maximum Gasteiger partial charge on any atom is 0.261 e. The Bertz CT molecular complexity index is 1150. The summed E-state index contributed by atoms with van der Waals surface area (Å²) in [6.45, 7) is 5.07. The van der Waals surface area contributed by atoms with Crippen molar-refractivity contribution in [3.63, 3.8) is 0 Å². The van der Waals surface area contributed by atoms with E-state index in [1.807, 2.05) is 6.92 Å². The Labute approximate surface area is 209 Å². The summed E-state index contributed by atoms with van der Waals surface area (Å²) >= 11 is 0. The molecule has 0 unspecified atom stereocenters. The van der Waals surface area contributed by atoms with Crippen LogP contribution < -0.4 is 0 Å². The number of carbonyl (C=O) groups is 5. The second-order valence-corrected chi connectivity index (χ2v) is 9.00. The number of nitrogens with zero attached hydrogens (tertiary/aromatic N) is 2. The maximum atomic E-state index is 12.2. The maximum absolute atomic E-state index is 12.2.